The molecule has 0 saturated carbocycles. The third-order valence-corrected chi connectivity index (χ3v) is 4.09. The highest BCUT2D eigenvalue weighted by Gasteiger charge is 2.12. The molecule has 0 aliphatic heterocycles. The molecule has 1 aromatic heterocycles. The number of carbonyl (C=O) groups is 1. The Balaban J connectivity index is 1.58. The van der Waals surface area contributed by atoms with Gasteiger partial charge in [-0.15, -0.1) is 0 Å². The van der Waals surface area contributed by atoms with Crippen molar-refractivity contribution in [3.8, 4) is 5.75 Å². The van der Waals surface area contributed by atoms with E-state index in [2.05, 4.69) is 18.8 Å². The molecule has 0 aliphatic rings. The first-order valence-corrected chi connectivity index (χ1v) is 8.48. The largest absolute Gasteiger partial charge is 0.435 e. The van der Waals surface area contributed by atoms with Gasteiger partial charge in [0.05, 0.1) is 24.0 Å². The van der Waals surface area contributed by atoms with Gasteiger partial charge >= 0.3 is 6.61 Å². The SMILES string of the molecule is CN(CC(=O)Nc1cccc2nsnc12)Cc1cccc(OC(F)F)c1. The lowest BCUT2D eigenvalue weighted by Crippen LogP contribution is -2.29. The van der Waals surface area contributed by atoms with Crippen LogP contribution in [0, 0.1) is 0 Å². The molecule has 1 heterocycles. The number of fused-ring (bicyclic) bond motifs is 1. The van der Waals surface area contributed by atoms with Crippen LogP contribution in [-0.2, 0) is 11.3 Å². The van der Waals surface area contributed by atoms with E-state index < -0.39 is 6.61 Å². The van der Waals surface area contributed by atoms with Crippen molar-refractivity contribution in [1.82, 2.24) is 13.6 Å². The standard InChI is InChI=1S/C17H16F2N4O2S/c1-23(9-11-4-2-5-12(8-11)25-17(18)19)10-15(24)20-13-6-3-7-14-16(13)22-26-21-14/h2-8,17H,9-10H2,1H3,(H,20,24). The van der Waals surface area contributed by atoms with Gasteiger partial charge in [0.15, 0.2) is 0 Å². The summed E-state index contributed by atoms with van der Waals surface area (Å²) in [6.45, 7) is -2.32. The molecular weight excluding hydrogens is 362 g/mol. The van der Waals surface area contributed by atoms with E-state index >= 15 is 0 Å². The summed E-state index contributed by atoms with van der Waals surface area (Å²) in [6.07, 6.45) is 0. The third-order valence-electron chi connectivity index (χ3n) is 3.55. The molecule has 0 atom stereocenters. The summed E-state index contributed by atoms with van der Waals surface area (Å²) in [5.74, 6) is -0.106. The number of anilines is 1. The number of ether oxygens (including phenoxy) is 1. The van der Waals surface area contributed by atoms with E-state index in [-0.39, 0.29) is 18.2 Å². The monoisotopic (exact) mass is 378 g/mol. The molecular formula is C17H16F2N4O2S. The Bertz CT molecular complexity index is 903. The molecule has 136 valence electrons. The van der Waals surface area contributed by atoms with Crippen molar-refractivity contribution in [3.63, 3.8) is 0 Å². The fourth-order valence-electron chi connectivity index (χ4n) is 2.53. The maximum absolute atomic E-state index is 12.3. The average Bonchev–Trinajstić information content (AvgIpc) is 3.04. The number of aromatic nitrogens is 2. The highest BCUT2D eigenvalue weighted by molar-refractivity contribution is 7.00. The van der Waals surface area contributed by atoms with E-state index in [0.717, 1.165) is 22.8 Å². The summed E-state index contributed by atoms with van der Waals surface area (Å²) >= 11 is 1.09. The number of hydrogen-bond donors (Lipinski definition) is 1. The second-order valence-electron chi connectivity index (χ2n) is 5.68. The number of benzene rings is 2. The maximum Gasteiger partial charge on any atom is 0.387 e. The Morgan fingerprint density at radius 1 is 1.27 bits per heavy atom. The van der Waals surface area contributed by atoms with Crippen LogP contribution in [0.4, 0.5) is 14.5 Å². The van der Waals surface area contributed by atoms with Crippen LogP contribution < -0.4 is 10.1 Å². The van der Waals surface area contributed by atoms with E-state index in [1.807, 2.05) is 6.07 Å². The zero-order valence-corrected chi connectivity index (χ0v) is 14.7. The minimum Gasteiger partial charge on any atom is -0.435 e. The van der Waals surface area contributed by atoms with Crippen LogP contribution in [0.25, 0.3) is 11.0 Å². The average molecular weight is 378 g/mol. The highest BCUT2D eigenvalue weighted by Crippen LogP contribution is 2.21. The molecule has 0 unspecified atom stereocenters. The lowest BCUT2D eigenvalue weighted by atomic mass is 10.2. The smallest absolute Gasteiger partial charge is 0.387 e. The number of nitrogens with zero attached hydrogens (tertiary/aromatic N) is 3. The molecule has 2 aromatic carbocycles. The number of halogens is 2. The van der Waals surface area contributed by atoms with Crippen molar-refractivity contribution < 1.29 is 18.3 Å². The van der Waals surface area contributed by atoms with E-state index in [0.29, 0.717) is 17.7 Å². The Hall–Kier alpha value is -2.65. The van der Waals surface area contributed by atoms with Crippen LogP contribution in [0.5, 0.6) is 5.75 Å². The molecule has 3 aromatic rings. The van der Waals surface area contributed by atoms with Gasteiger partial charge in [0.25, 0.3) is 0 Å². The lowest BCUT2D eigenvalue weighted by Gasteiger charge is -2.17. The predicted molar refractivity (Wildman–Crippen MR) is 95.5 cm³/mol. The Labute approximate surface area is 152 Å². The second kappa shape index (κ2) is 8.15. The predicted octanol–water partition coefficient (Wildman–Crippen LogP) is 3.36. The summed E-state index contributed by atoms with van der Waals surface area (Å²) in [5, 5.41) is 2.82. The van der Waals surface area contributed by atoms with E-state index in [1.165, 1.54) is 12.1 Å². The number of alkyl halides is 2. The summed E-state index contributed by atoms with van der Waals surface area (Å²) < 4.78 is 37.3. The van der Waals surface area contributed by atoms with Gasteiger partial charge in [-0.25, -0.2) is 0 Å². The van der Waals surface area contributed by atoms with Crippen molar-refractivity contribution in [2.24, 2.45) is 0 Å². The fraction of sp³-hybridized carbons (Fsp3) is 0.235. The Kier molecular flexibility index (Phi) is 5.69. The minimum absolute atomic E-state index is 0.0954. The molecule has 26 heavy (non-hydrogen) atoms. The van der Waals surface area contributed by atoms with Gasteiger partial charge in [0.2, 0.25) is 5.91 Å². The molecule has 0 bridgehead atoms. The molecule has 0 fully saturated rings. The van der Waals surface area contributed by atoms with Crippen LogP contribution in [0.1, 0.15) is 5.56 Å². The van der Waals surface area contributed by atoms with Crippen LogP contribution in [0.3, 0.4) is 0 Å². The van der Waals surface area contributed by atoms with Gasteiger partial charge in [-0.2, -0.15) is 17.5 Å². The first-order chi connectivity index (χ1) is 12.5. The fourth-order valence-corrected chi connectivity index (χ4v) is 3.08. The first-order valence-electron chi connectivity index (χ1n) is 7.74. The number of nitrogens with one attached hydrogen (secondary N) is 1. The van der Waals surface area contributed by atoms with Crippen LogP contribution in [-0.4, -0.2) is 39.8 Å². The minimum atomic E-state index is -2.86. The van der Waals surface area contributed by atoms with Gasteiger partial charge in [0.1, 0.15) is 16.8 Å². The molecule has 0 aliphatic carbocycles. The number of likely N-dealkylation sites (N-methyl/N-ethyl adjacent to an activating group) is 1. The van der Waals surface area contributed by atoms with Crippen molar-refractivity contribution in [3.05, 3.63) is 48.0 Å². The van der Waals surface area contributed by atoms with E-state index in [1.54, 1.807) is 36.2 Å². The van der Waals surface area contributed by atoms with E-state index in [9.17, 15) is 13.6 Å². The Morgan fingerprint density at radius 2 is 2.08 bits per heavy atom. The quantitative estimate of drug-likeness (QED) is 0.683. The molecule has 9 heteroatoms. The molecule has 1 N–H and O–H groups in total. The van der Waals surface area contributed by atoms with Crippen molar-refractivity contribution in [2.75, 3.05) is 18.9 Å². The van der Waals surface area contributed by atoms with Crippen molar-refractivity contribution in [1.29, 1.82) is 0 Å². The first kappa shape index (κ1) is 18.2. The van der Waals surface area contributed by atoms with E-state index in [4.69, 9.17) is 0 Å². The zero-order chi connectivity index (χ0) is 18.5. The second-order valence-corrected chi connectivity index (χ2v) is 6.21. The van der Waals surface area contributed by atoms with Gasteiger partial charge < -0.3 is 10.1 Å². The lowest BCUT2D eigenvalue weighted by molar-refractivity contribution is -0.117. The van der Waals surface area contributed by atoms with Gasteiger partial charge in [0, 0.05) is 6.54 Å². The maximum atomic E-state index is 12.3. The van der Waals surface area contributed by atoms with Gasteiger partial charge in [-0.3, -0.25) is 9.69 Å². The topological polar surface area (TPSA) is 67.4 Å². The van der Waals surface area contributed by atoms with Crippen LogP contribution in [0.15, 0.2) is 42.5 Å². The molecule has 1 amide bonds. The molecule has 0 radical (unpaired) electrons. The summed E-state index contributed by atoms with van der Waals surface area (Å²) in [7, 11) is 1.77. The van der Waals surface area contributed by atoms with Crippen LogP contribution in [0.2, 0.25) is 0 Å². The molecule has 0 saturated heterocycles. The summed E-state index contributed by atoms with van der Waals surface area (Å²) in [6, 6.07) is 11.8. The number of amides is 1. The summed E-state index contributed by atoms with van der Waals surface area (Å²) in [4.78, 5) is 14.0. The molecule has 6 nitrogen and oxygen atoms in total. The number of rotatable bonds is 7. The molecule has 0 spiro atoms. The van der Waals surface area contributed by atoms with Crippen LogP contribution >= 0.6 is 11.7 Å². The summed E-state index contributed by atoms with van der Waals surface area (Å²) in [5.41, 5.74) is 2.77. The number of carbonyl (C=O) groups excluding carboxylic acids is 1. The highest BCUT2D eigenvalue weighted by atomic mass is 32.1. The van der Waals surface area contributed by atoms with Gasteiger partial charge in [-0.1, -0.05) is 18.2 Å². The normalized spacial score (nSPS) is 11.3. The van der Waals surface area contributed by atoms with Gasteiger partial charge in [-0.05, 0) is 36.9 Å². The third kappa shape index (κ3) is 4.70. The number of hydrogen-bond acceptors (Lipinski definition) is 6. The van der Waals surface area contributed by atoms with Crippen molar-refractivity contribution >= 4 is 34.4 Å². The Morgan fingerprint density at radius 3 is 2.88 bits per heavy atom. The van der Waals surface area contributed by atoms with Crippen molar-refractivity contribution in [2.45, 2.75) is 13.2 Å². The molecule has 3 rings (SSSR count). The zero-order valence-electron chi connectivity index (χ0n) is 13.9.